The molecule has 3 N–H and O–H groups in total. The van der Waals surface area contributed by atoms with E-state index < -0.39 is 6.03 Å². The highest BCUT2D eigenvalue weighted by Gasteiger charge is 2.09. The molecule has 0 saturated carbocycles. The molecular weight excluding hydrogens is 354 g/mol. The first-order valence-corrected chi connectivity index (χ1v) is 8.36. The van der Waals surface area contributed by atoms with Gasteiger partial charge in [0.25, 0.3) is 0 Å². The van der Waals surface area contributed by atoms with E-state index in [-0.39, 0.29) is 5.75 Å². The maximum atomic E-state index is 11.8. The first-order chi connectivity index (χ1) is 12.5. The molecule has 2 aromatic carbocycles. The fraction of sp³-hybridized carbons (Fsp3) is 0.158. The van der Waals surface area contributed by atoms with Crippen molar-refractivity contribution in [2.45, 2.75) is 13.3 Å². The Morgan fingerprint density at radius 2 is 2.08 bits per heavy atom. The number of phenolic OH excluding ortho intramolecular Hbond substituents is 1. The van der Waals surface area contributed by atoms with Crippen molar-refractivity contribution >= 4 is 29.5 Å². The highest BCUT2D eigenvalue weighted by molar-refractivity contribution is 6.30. The van der Waals surface area contributed by atoms with Gasteiger partial charge in [-0.05, 0) is 55.3 Å². The number of nitrogens with one attached hydrogen (secondary N) is 2. The molecule has 7 heteroatoms. The number of hydrogen-bond donors (Lipinski definition) is 3. The van der Waals surface area contributed by atoms with Crippen molar-refractivity contribution in [3.63, 3.8) is 0 Å². The molecule has 0 saturated heterocycles. The van der Waals surface area contributed by atoms with Crippen LogP contribution in [0.5, 0.6) is 11.5 Å². The molecule has 26 heavy (non-hydrogen) atoms. The fourth-order valence-corrected chi connectivity index (χ4v) is 2.32. The average Bonchev–Trinajstić information content (AvgIpc) is 2.61. The van der Waals surface area contributed by atoms with Gasteiger partial charge in [0.1, 0.15) is 0 Å². The summed E-state index contributed by atoms with van der Waals surface area (Å²) in [6.45, 7) is 5.92. The van der Waals surface area contributed by atoms with Crippen molar-refractivity contribution in [1.82, 2.24) is 5.43 Å². The van der Waals surface area contributed by atoms with Crippen LogP contribution in [0.3, 0.4) is 0 Å². The van der Waals surface area contributed by atoms with Gasteiger partial charge in [0.2, 0.25) is 0 Å². The van der Waals surface area contributed by atoms with Crippen LogP contribution in [0.25, 0.3) is 0 Å². The van der Waals surface area contributed by atoms with Crippen molar-refractivity contribution in [2.24, 2.45) is 5.10 Å². The van der Waals surface area contributed by atoms with Crippen molar-refractivity contribution < 1.29 is 14.6 Å². The maximum absolute atomic E-state index is 11.8. The van der Waals surface area contributed by atoms with E-state index in [1.807, 2.05) is 6.92 Å². The summed E-state index contributed by atoms with van der Waals surface area (Å²) >= 11 is 5.80. The van der Waals surface area contributed by atoms with Crippen LogP contribution in [0.15, 0.2) is 54.2 Å². The Hall–Kier alpha value is -2.99. The summed E-state index contributed by atoms with van der Waals surface area (Å²) in [6.07, 6.45) is 3.64. The highest BCUT2D eigenvalue weighted by atomic mass is 35.5. The molecule has 2 rings (SSSR count). The number of nitrogens with zero attached hydrogens (tertiary/aromatic N) is 1. The Bertz CT molecular complexity index is 804. The lowest BCUT2D eigenvalue weighted by atomic mass is 10.1. The Labute approximate surface area is 157 Å². The van der Waals surface area contributed by atoms with Crippen LogP contribution in [0.1, 0.15) is 18.1 Å². The summed E-state index contributed by atoms with van der Waals surface area (Å²) in [5, 5.41) is 17.3. The number of anilines is 1. The van der Waals surface area contributed by atoms with E-state index in [4.69, 9.17) is 16.3 Å². The van der Waals surface area contributed by atoms with Crippen LogP contribution in [-0.4, -0.2) is 24.0 Å². The van der Waals surface area contributed by atoms with Crippen molar-refractivity contribution in [2.75, 3.05) is 11.9 Å². The molecule has 0 spiro atoms. The van der Waals surface area contributed by atoms with Gasteiger partial charge in [0.15, 0.2) is 11.5 Å². The molecule has 136 valence electrons. The molecular formula is C19H20ClN3O3. The second kappa shape index (κ2) is 9.48. The predicted molar refractivity (Wildman–Crippen MR) is 104 cm³/mol. The number of hydrogen-bond acceptors (Lipinski definition) is 4. The number of halogens is 1. The van der Waals surface area contributed by atoms with E-state index in [0.717, 1.165) is 0 Å². The molecule has 0 bridgehead atoms. The quantitative estimate of drug-likeness (QED) is 0.384. The van der Waals surface area contributed by atoms with Gasteiger partial charge in [0, 0.05) is 16.3 Å². The van der Waals surface area contributed by atoms with E-state index in [9.17, 15) is 9.90 Å². The Balaban J connectivity index is 2.05. The van der Waals surface area contributed by atoms with E-state index in [2.05, 4.69) is 22.4 Å². The van der Waals surface area contributed by atoms with Crippen LogP contribution < -0.4 is 15.5 Å². The number of urea groups is 1. The summed E-state index contributed by atoms with van der Waals surface area (Å²) in [7, 11) is 0. The molecule has 0 fully saturated rings. The van der Waals surface area contributed by atoms with Crippen molar-refractivity contribution in [1.29, 1.82) is 0 Å². The molecule has 0 aliphatic carbocycles. The molecule has 0 aliphatic rings. The smallest absolute Gasteiger partial charge is 0.339 e. The second-order valence-corrected chi connectivity index (χ2v) is 5.72. The zero-order chi connectivity index (χ0) is 18.9. The molecule has 0 heterocycles. The van der Waals surface area contributed by atoms with Gasteiger partial charge in [0.05, 0.1) is 12.8 Å². The van der Waals surface area contributed by atoms with E-state index in [1.165, 1.54) is 6.21 Å². The van der Waals surface area contributed by atoms with Crippen LogP contribution in [0, 0.1) is 0 Å². The fourth-order valence-electron chi connectivity index (χ4n) is 2.20. The lowest BCUT2D eigenvalue weighted by Crippen LogP contribution is -2.24. The third-order valence-corrected chi connectivity index (χ3v) is 3.57. The van der Waals surface area contributed by atoms with Crippen LogP contribution >= 0.6 is 11.6 Å². The Morgan fingerprint density at radius 1 is 1.35 bits per heavy atom. The summed E-state index contributed by atoms with van der Waals surface area (Å²) in [6, 6.07) is 9.62. The van der Waals surface area contributed by atoms with Gasteiger partial charge in [-0.15, -0.1) is 6.58 Å². The zero-order valence-electron chi connectivity index (χ0n) is 14.3. The number of rotatable bonds is 7. The summed E-state index contributed by atoms with van der Waals surface area (Å²) < 4.78 is 5.42. The van der Waals surface area contributed by atoms with E-state index in [0.29, 0.717) is 40.6 Å². The molecule has 0 atom stereocenters. The average molecular weight is 374 g/mol. The van der Waals surface area contributed by atoms with Crippen molar-refractivity contribution in [3.8, 4) is 11.5 Å². The maximum Gasteiger partial charge on any atom is 0.339 e. The minimum Gasteiger partial charge on any atom is -0.504 e. The first kappa shape index (κ1) is 19.3. The van der Waals surface area contributed by atoms with Gasteiger partial charge in [-0.2, -0.15) is 5.10 Å². The summed E-state index contributed by atoms with van der Waals surface area (Å²) in [5.74, 6) is 0.441. The van der Waals surface area contributed by atoms with Gasteiger partial charge < -0.3 is 15.2 Å². The lowest BCUT2D eigenvalue weighted by Gasteiger charge is -2.10. The highest BCUT2D eigenvalue weighted by Crippen LogP contribution is 2.31. The van der Waals surface area contributed by atoms with Gasteiger partial charge in [-0.1, -0.05) is 17.7 Å². The Kier molecular flexibility index (Phi) is 7.05. The minimum atomic E-state index is -0.487. The number of hydrazone groups is 1. The third kappa shape index (κ3) is 5.53. The number of carbonyl (C=O) groups excluding carboxylic acids is 1. The first-order valence-electron chi connectivity index (χ1n) is 7.98. The molecule has 2 amide bonds. The lowest BCUT2D eigenvalue weighted by molar-refractivity contribution is 0.252. The summed E-state index contributed by atoms with van der Waals surface area (Å²) in [5.41, 5.74) is 4.31. The minimum absolute atomic E-state index is 0.0809. The number of ether oxygens (including phenoxy) is 1. The van der Waals surface area contributed by atoms with Crippen LogP contribution in [0.2, 0.25) is 5.02 Å². The van der Waals surface area contributed by atoms with E-state index >= 15 is 0 Å². The monoisotopic (exact) mass is 373 g/mol. The molecule has 0 unspecified atom stereocenters. The predicted octanol–water partition coefficient (Wildman–Crippen LogP) is 4.33. The zero-order valence-corrected chi connectivity index (χ0v) is 15.1. The van der Waals surface area contributed by atoms with Crippen LogP contribution in [0.4, 0.5) is 10.5 Å². The number of allylic oxidation sites excluding steroid dienone is 1. The van der Waals surface area contributed by atoms with Gasteiger partial charge in [-0.25, -0.2) is 10.2 Å². The van der Waals surface area contributed by atoms with E-state index in [1.54, 1.807) is 42.5 Å². The molecule has 6 nitrogen and oxygen atoms in total. The standard InChI is InChI=1S/C19H20ClN3O3/c1-3-5-14-10-13(11-17(18(14)24)26-4-2)12-21-23-19(25)22-16-8-6-15(20)7-9-16/h3,6-12,24H,1,4-5H2,2H3,(H2,22,23,25)/b21-12+. The largest absolute Gasteiger partial charge is 0.504 e. The van der Waals surface area contributed by atoms with Gasteiger partial charge in [-0.3, -0.25) is 0 Å². The topological polar surface area (TPSA) is 83.0 Å². The summed E-state index contributed by atoms with van der Waals surface area (Å²) in [4.78, 5) is 11.8. The number of aromatic hydroxyl groups is 1. The molecule has 2 aromatic rings. The molecule has 0 radical (unpaired) electrons. The number of phenols is 1. The van der Waals surface area contributed by atoms with Crippen LogP contribution in [-0.2, 0) is 6.42 Å². The third-order valence-electron chi connectivity index (χ3n) is 3.32. The second-order valence-electron chi connectivity index (χ2n) is 5.28. The molecule has 0 aliphatic heterocycles. The van der Waals surface area contributed by atoms with Gasteiger partial charge >= 0.3 is 6.03 Å². The SMILES string of the molecule is C=CCc1cc(/C=N/NC(=O)Nc2ccc(Cl)cc2)cc(OCC)c1O. The Morgan fingerprint density at radius 3 is 2.73 bits per heavy atom. The number of carbonyl (C=O) groups is 1. The number of amides is 2. The normalized spacial score (nSPS) is 10.5. The number of benzene rings is 2. The molecule has 0 aromatic heterocycles. The van der Waals surface area contributed by atoms with Crippen molar-refractivity contribution in [3.05, 3.63) is 65.2 Å².